The number of rotatable bonds is 6. The summed E-state index contributed by atoms with van der Waals surface area (Å²) in [5, 5.41) is 20.8. The molecule has 0 saturated heterocycles. The van der Waals surface area contributed by atoms with E-state index in [4.69, 9.17) is 4.74 Å². The third kappa shape index (κ3) is 4.49. The van der Waals surface area contributed by atoms with E-state index in [-0.39, 0.29) is 17.1 Å². The third-order valence-corrected chi connectivity index (χ3v) is 6.04. The Bertz CT molecular complexity index is 1270. The second-order valence-electron chi connectivity index (χ2n) is 7.36. The number of ether oxygens (including phenoxy) is 1. The Morgan fingerprint density at radius 2 is 1.73 bits per heavy atom. The zero-order valence-electron chi connectivity index (χ0n) is 17.6. The summed E-state index contributed by atoms with van der Waals surface area (Å²) in [6.45, 7) is 0. The molecule has 1 aliphatic heterocycles. The van der Waals surface area contributed by atoms with Gasteiger partial charge in [0.1, 0.15) is 0 Å². The van der Waals surface area contributed by atoms with Crippen LogP contribution < -0.4 is 9.64 Å². The monoisotopic (exact) mass is 553 g/mol. The minimum atomic E-state index is -0.903. The molecule has 166 valence electrons. The van der Waals surface area contributed by atoms with Gasteiger partial charge in [0.2, 0.25) is 0 Å². The SMILES string of the molecule is COc1cc([C@@H]2C(C(=O)/C=C/c3ccccc3)=C(O)C(=O)N2c2ccc(I)cc2)ccc1O. The van der Waals surface area contributed by atoms with Gasteiger partial charge in [0.15, 0.2) is 23.0 Å². The van der Waals surface area contributed by atoms with Crippen molar-refractivity contribution in [3.63, 3.8) is 0 Å². The number of anilines is 1. The molecule has 3 aromatic carbocycles. The van der Waals surface area contributed by atoms with Crippen LogP contribution in [0.2, 0.25) is 0 Å². The lowest BCUT2D eigenvalue weighted by Crippen LogP contribution is -2.30. The molecule has 0 aromatic heterocycles. The summed E-state index contributed by atoms with van der Waals surface area (Å²) >= 11 is 2.16. The third-order valence-electron chi connectivity index (χ3n) is 5.32. The minimum Gasteiger partial charge on any atom is -0.504 e. The number of phenolic OH excluding ortho intramolecular Hbond substituents is 1. The Kier molecular flexibility index (Phi) is 6.50. The van der Waals surface area contributed by atoms with Crippen LogP contribution in [-0.4, -0.2) is 29.0 Å². The van der Waals surface area contributed by atoms with E-state index in [1.807, 2.05) is 42.5 Å². The molecule has 3 aromatic rings. The molecule has 0 unspecified atom stereocenters. The van der Waals surface area contributed by atoms with E-state index in [0.29, 0.717) is 11.3 Å². The summed E-state index contributed by atoms with van der Waals surface area (Å²) in [6.07, 6.45) is 2.98. The number of nitrogens with zero attached hydrogens (tertiary/aromatic N) is 1. The average molecular weight is 553 g/mol. The van der Waals surface area contributed by atoms with Crippen molar-refractivity contribution < 1.29 is 24.5 Å². The van der Waals surface area contributed by atoms with Gasteiger partial charge in [-0.25, -0.2) is 0 Å². The van der Waals surface area contributed by atoms with Crippen molar-refractivity contribution in [2.75, 3.05) is 12.0 Å². The van der Waals surface area contributed by atoms with Crippen LogP contribution in [0.25, 0.3) is 6.08 Å². The van der Waals surface area contributed by atoms with Gasteiger partial charge >= 0.3 is 0 Å². The molecule has 0 fully saturated rings. The average Bonchev–Trinajstić information content (AvgIpc) is 3.09. The van der Waals surface area contributed by atoms with Crippen LogP contribution >= 0.6 is 22.6 Å². The maximum Gasteiger partial charge on any atom is 0.294 e. The van der Waals surface area contributed by atoms with Crippen LogP contribution in [0.5, 0.6) is 11.5 Å². The highest BCUT2D eigenvalue weighted by Gasteiger charge is 2.44. The highest BCUT2D eigenvalue weighted by molar-refractivity contribution is 14.1. The second-order valence-corrected chi connectivity index (χ2v) is 8.60. The first-order valence-corrected chi connectivity index (χ1v) is 11.1. The van der Waals surface area contributed by atoms with Crippen LogP contribution in [0.15, 0.2) is 90.2 Å². The van der Waals surface area contributed by atoms with Crippen molar-refractivity contribution in [3.05, 3.63) is 105 Å². The molecule has 33 heavy (non-hydrogen) atoms. The number of aromatic hydroxyl groups is 1. The Morgan fingerprint density at radius 1 is 1.03 bits per heavy atom. The van der Waals surface area contributed by atoms with Crippen molar-refractivity contribution in [3.8, 4) is 11.5 Å². The van der Waals surface area contributed by atoms with Gasteiger partial charge in [-0.1, -0.05) is 42.5 Å². The fraction of sp³-hybridized carbons (Fsp3) is 0.0769. The smallest absolute Gasteiger partial charge is 0.294 e. The van der Waals surface area contributed by atoms with E-state index in [9.17, 15) is 19.8 Å². The molecule has 0 spiro atoms. The molecule has 0 radical (unpaired) electrons. The largest absolute Gasteiger partial charge is 0.504 e. The van der Waals surface area contributed by atoms with E-state index >= 15 is 0 Å². The van der Waals surface area contributed by atoms with Gasteiger partial charge in [-0.05, 0) is 76.2 Å². The van der Waals surface area contributed by atoms with Crippen molar-refractivity contribution in [2.24, 2.45) is 0 Å². The number of hydrogen-bond donors (Lipinski definition) is 2. The lowest BCUT2D eigenvalue weighted by atomic mass is 9.95. The number of methoxy groups -OCH3 is 1. The number of carbonyl (C=O) groups excluding carboxylic acids is 2. The minimum absolute atomic E-state index is 0.0431. The second kappa shape index (κ2) is 9.50. The molecule has 4 rings (SSSR count). The van der Waals surface area contributed by atoms with E-state index in [0.717, 1.165) is 9.13 Å². The van der Waals surface area contributed by atoms with E-state index in [1.54, 1.807) is 30.3 Å². The lowest BCUT2D eigenvalue weighted by molar-refractivity contribution is -0.117. The lowest BCUT2D eigenvalue weighted by Gasteiger charge is -2.27. The summed E-state index contributed by atoms with van der Waals surface area (Å²) in [5.74, 6) is -1.65. The zero-order chi connectivity index (χ0) is 23.5. The first-order chi connectivity index (χ1) is 15.9. The van der Waals surface area contributed by atoms with E-state index in [1.165, 1.54) is 24.2 Å². The molecule has 1 amide bonds. The highest BCUT2D eigenvalue weighted by Crippen LogP contribution is 2.43. The number of amides is 1. The summed E-state index contributed by atoms with van der Waals surface area (Å²) in [7, 11) is 1.41. The number of aliphatic hydroxyl groups excluding tert-OH is 1. The molecule has 0 bridgehead atoms. The standard InChI is InChI=1S/C26H20INO5/c1-33-22-15-17(8-14-20(22)29)24-23(21(30)13-7-16-5-3-2-4-6-16)25(31)26(32)28(24)19-11-9-18(27)10-12-19/h2-15,24,29,31H,1H3/b13-7+/t24-/m1/s1. The topological polar surface area (TPSA) is 87.1 Å². The molecular weight excluding hydrogens is 533 g/mol. The fourth-order valence-corrected chi connectivity index (χ4v) is 4.09. The van der Waals surface area contributed by atoms with Crippen molar-refractivity contribution in [1.29, 1.82) is 0 Å². The predicted octanol–water partition coefficient (Wildman–Crippen LogP) is 5.19. The number of carbonyl (C=O) groups is 2. The number of phenols is 1. The molecule has 6 nitrogen and oxygen atoms in total. The Labute approximate surface area is 204 Å². The predicted molar refractivity (Wildman–Crippen MR) is 134 cm³/mol. The molecular formula is C26H20INO5. The summed E-state index contributed by atoms with van der Waals surface area (Å²) in [5.41, 5.74) is 1.81. The van der Waals surface area contributed by atoms with Crippen LogP contribution in [-0.2, 0) is 9.59 Å². The number of halogens is 1. The molecule has 2 N–H and O–H groups in total. The zero-order valence-corrected chi connectivity index (χ0v) is 19.8. The highest BCUT2D eigenvalue weighted by atomic mass is 127. The Hall–Kier alpha value is -3.59. The normalized spacial score (nSPS) is 16.0. The number of hydrogen-bond acceptors (Lipinski definition) is 5. The van der Waals surface area contributed by atoms with Crippen molar-refractivity contribution in [2.45, 2.75) is 6.04 Å². The Balaban J connectivity index is 1.82. The molecule has 0 aliphatic carbocycles. The first-order valence-electron chi connectivity index (χ1n) is 10.1. The summed E-state index contributed by atoms with van der Waals surface area (Å²) in [4.78, 5) is 27.8. The maximum atomic E-state index is 13.2. The Morgan fingerprint density at radius 3 is 2.39 bits per heavy atom. The van der Waals surface area contributed by atoms with Crippen LogP contribution in [0.1, 0.15) is 17.2 Å². The van der Waals surface area contributed by atoms with Gasteiger partial charge in [0, 0.05) is 9.26 Å². The van der Waals surface area contributed by atoms with E-state index < -0.39 is 23.5 Å². The molecule has 1 atom stereocenters. The van der Waals surface area contributed by atoms with Crippen LogP contribution in [0.4, 0.5) is 5.69 Å². The van der Waals surface area contributed by atoms with Crippen LogP contribution in [0, 0.1) is 3.57 Å². The number of aliphatic hydroxyl groups is 1. The van der Waals surface area contributed by atoms with Gasteiger partial charge in [-0.3, -0.25) is 14.5 Å². The van der Waals surface area contributed by atoms with Crippen molar-refractivity contribution in [1.82, 2.24) is 0 Å². The van der Waals surface area contributed by atoms with Gasteiger partial charge in [-0.2, -0.15) is 0 Å². The fourth-order valence-electron chi connectivity index (χ4n) is 3.73. The number of benzene rings is 3. The summed E-state index contributed by atoms with van der Waals surface area (Å²) < 4.78 is 6.20. The van der Waals surface area contributed by atoms with Gasteiger partial charge in [-0.15, -0.1) is 0 Å². The van der Waals surface area contributed by atoms with Crippen molar-refractivity contribution >= 4 is 46.0 Å². The quantitative estimate of drug-likeness (QED) is 0.324. The maximum absolute atomic E-state index is 13.2. The van der Waals surface area contributed by atoms with Gasteiger partial charge < -0.3 is 14.9 Å². The van der Waals surface area contributed by atoms with Gasteiger partial charge in [0.25, 0.3) is 5.91 Å². The molecule has 1 heterocycles. The first kappa shape index (κ1) is 22.6. The number of ketones is 1. The van der Waals surface area contributed by atoms with Gasteiger partial charge in [0.05, 0.1) is 18.7 Å². The number of allylic oxidation sites excluding steroid dienone is 1. The van der Waals surface area contributed by atoms with Crippen LogP contribution in [0.3, 0.4) is 0 Å². The molecule has 7 heteroatoms. The molecule has 0 saturated carbocycles. The molecule has 1 aliphatic rings. The summed E-state index contributed by atoms with van der Waals surface area (Å²) in [6, 6.07) is 20.1. The van der Waals surface area contributed by atoms with E-state index in [2.05, 4.69) is 22.6 Å².